The van der Waals surface area contributed by atoms with Crippen LogP contribution in [0.3, 0.4) is 0 Å². The van der Waals surface area contributed by atoms with Gasteiger partial charge >= 0.3 is 5.97 Å². The maximum absolute atomic E-state index is 12.8. The lowest BCUT2D eigenvalue weighted by Gasteiger charge is -2.18. The molecule has 2 N–H and O–H groups in total. The van der Waals surface area contributed by atoms with Crippen molar-refractivity contribution in [2.75, 3.05) is 0 Å². The normalized spacial score (nSPS) is 16.5. The number of carboxylic acid groups (broad SMARTS) is 1. The number of aromatic carboxylic acids is 1. The molecule has 0 radical (unpaired) electrons. The Morgan fingerprint density at radius 2 is 1.91 bits per heavy atom. The van der Waals surface area contributed by atoms with E-state index in [0.717, 1.165) is 25.7 Å². The molecule has 1 aliphatic carbocycles. The van der Waals surface area contributed by atoms with Gasteiger partial charge in [-0.05, 0) is 43.3 Å². The number of nitrogens with zero attached hydrogens (tertiary/aromatic N) is 1. The second kappa shape index (κ2) is 6.04. The number of H-pyrrole nitrogens is 1. The molecule has 0 saturated heterocycles. The lowest BCUT2D eigenvalue weighted by Crippen LogP contribution is -2.26. The number of hydrogen-bond donors (Lipinski definition) is 2. The lowest BCUT2D eigenvalue weighted by atomic mass is 10.1. The molecule has 1 fully saturated rings. The van der Waals surface area contributed by atoms with Gasteiger partial charge < -0.3 is 10.1 Å². The molecular weight excluding hydrogens is 300 g/mol. The van der Waals surface area contributed by atoms with E-state index in [1.54, 1.807) is 10.6 Å². The number of aromatic nitrogens is 2. The number of carbonyl (C=O) groups is 1. The second-order valence-corrected chi connectivity index (χ2v) is 6.20. The van der Waals surface area contributed by atoms with E-state index in [1.165, 1.54) is 25.0 Å². The van der Waals surface area contributed by atoms with Gasteiger partial charge in [0.2, 0.25) is 0 Å². The summed E-state index contributed by atoms with van der Waals surface area (Å²) in [6, 6.07) is 4.63. The molecule has 5 nitrogen and oxygen atoms in total. The van der Waals surface area contributed by atoms with Crippen LogP contribution < -0.4 is 5.56 Å². The second-order valence-electron chi connectivity index (χ2n) is 5.82. The van der Waals surface area contributed by atoms with Crippen LogP contribution in [-0.2, 0) is 0 Å². The molecule has 1 aromatic heterocycles. The van der Waals surface area contributed by atoms with Crippen molar-refractivity contribution in [1.29, 1.82) is 0 Å². The van der Waals surface area contributed by atoms with Crippen molar-refractivity contribution in [2.24, 2.45) is 0 Å². The first-order chi connectivity index (χ1) is 10.6. The van der Waals surface area contributed by atoms with Crippen LogP contribution in [0.25, 0.3) is 10.9 Å². The highest BCUT2D eigenvalue weighted by Gasteiger charge is 2.18. The first-order valence-electron chi connectivity index (χ1n) is 7.60. The standard InChI is InChI=1S/C16H18N2O3S/c19-14-12-8-7-10(15(20)21)9-13(12)17-16(22)18(14)11-5-3-1-2-4-6-11/h7-9,11H,1-6H2,(H,17,22)(H,20,21). The Bertz CT molecular complexity index is 829. The van der Waals surface area contributed by atoms with Crippen LogP contribution in [0.4, 0.5) is 0 Å². The van der Waals surface area contributed by atoms with Crippen molar-refractivity contribution in [2.45, 2.75) is 44.6 Å². The SMILES string of the molecule is O=C(O)c1ccc2c(=O)n(C3CCCCCC3)c(=S)[nH]c2c1. The summed E-state index contributed by atoms with van der Waals surface area (Å²) in [4.78, 5) is 26.8. The van der Waals surface area contributed by atoms with E-state index in [4.69, 9.17) is 17.3 Å². The predicted molar refractivity (Wildman–Crippen MR) is 87.1 cm³/mol. The molecule has 0 spiro atoms. The number of fused-ring (bicyclic) bond motifs is 1. The van der Waals surface area contributed by atoms with Gasteiger partial charge in [0.25, 0.3) is 5.56 Å². The highest BCUT2D eigenvalue weighted by atomic mass is 32.1. The van der Waals surface area contributed by atoms with Crippen molar-refractivity contribution in [3.05, 3.63) is 38.9 Å². The van der Waals surface area contributed by atoms with Crippen molar-refractivity contribution in [3.63, 3.8) is 0 Å². The van der Waals surface area contributed by atoms with Gasteiger partial charge in [-0.1, -0.05) is 25.7 Å². The zero-order chi connectivity index (χ0) is 15.7. The fourth-order valence-corrected chi connectivity index (χ4v) is 3.55. The van der Waals surface area contributed by atoms with E-state index in [9.17, 15) is 9.59 Å². The van der Waals surface area contributed by atoms with Crippen molar-refractivity contribution >= 4 is 29.1 Å². The van der Waals surface area contributed by atoms with Crippen LogP contribution in [0.1, 0.15) is 54.9 Å². The summed E-state index contributed by atoms with van der Waals surface area (Å²) in [5, 5.41) is 9.54. The lowest BCUT2D eigenvalue weighted by molar-refractivity contribution is 0.0697. The first-order valence-corrected chi connectivity index (χ1v) is 8.00. The smallest absolute Gasteiger partial charge is 0.335 e. The van der Waals surface area contributed by atoms with Crippen molar-refractivity contribution in [1.82, 2.24) is 9.55 Å². The molecule has 2 aromatic rings. The minimum Gasteiger partial charge on any atom is -0.478 e. The van der Waals surface area contributed by atoms with E-state index >= 15 is 0 Å². The predicted octanol–water partition coefficient (Wildman–Crippen LogP) is 3.65. The molecule has 1 saturated carbocycles. The minimum atomic E-state index is -1.02. The molecule has 0 atom stereocenters. The topological polar surface area (TPSA) is 75.1 Å². The van der Waals surface area contributed by atoms with Crippen LogP contribution in [0.5, 0.6) is 0 Å². The maximum atomic E-state index is 12.8. The van der Waals surface area contributed by atoms with E-state index < -0.39 is 5.97 Å². The molecule has 6 heteroatoms. The Hall–Kier alpha value is -1.95. The third-order valence-corrected chi connectivity index (χ3v) is 4.66. The zero-order valence-electron chi connectivity index (χ0n) is 12.2. The molecule has 116 valence electrons. The average molecular weight is 318 g/mol. The van der Waals surface area contributed by atoms with E-state index in [-0.39, 0.29) is 17.2 Å². The molecule has 0 aliphatic heterocycles. The molecule has 3 rings (SSSR count). The minimum absolute atomic E-state index is 0.123. The van der Waals surface area contributed by atoms with Crippen LogP contribution in [0.2, 0.25) is 0 Å². The zero-order valence-corrected chi connectivity index (χ0v) is 13.0. The third-order valence-electron chi connectivity index (χ3n) is 4.37. The van der Waals surface area contributed by atoms with Crippen molar-refractivity contribution in [3.8, 4) is 0 Å². The molecule has 0 amide bonds. The van der Waals surface area contributed by atoms with Crippen LogP contribution in [0, 0.1) is 4.77 Å². The van der Waals surface area contributed by atoms with Gasteiger partial charge in [0, 0.05) is 6.04 Å². The molecule has 1 aliphatic rings. The number of rotatable bonds is 2. The summed E-state index contributed by atoms with van der Waals surface area (Å²) in [6.07, 6.45) is 6.57. The molecule has 1 aromatic carbocycles. The van der Waals surface area contributed by atoms with Crippen LogP contribution in [-0.4, -0.2) is 20.6 Å². The Morgan fingerprint density at radius 3 is 2.55 bits per heavy atom. The van der Waals surface area contributed by atoms with Gasteiger partial charge in [0.15, 0.2) is 4.77 Å². The summed E-state index contributed by atoms with van der Waals surface area (Å²) in [6.45, 7) is 0. The molecule has 0 unspecified atom stereocenters. The molecular formula is C16H18N2O3S. The number of aromatic amines is 1. The summed E-state index contributed by atoms with van der Waals surface area (Å²) in [7, 11) is 0. The summed E-state index contributed by atoms with van der Waals surface area (Å²) < 4.78 is 2.07. The van der Waals surface area contributed by atoms with Crippen LogP contribution in [0.15, 0.2) is 23.0 Å². The average Bonchev–Trinajstić information content (AvgIpc) is 2.75. The van der Waals surface area contributed by atoms with Gasteiger partial charge in [-0.3, -0.25) is 9.36 Å². The summed E-state index contributed by atoms with van der Waals surface area (Å²) >= 11 is 5.36. The number of benzene rings is 1. The Labute approximate surface area is 132 Å². The Balaban J connectivity index is 2.16. The highest BCUT2D eigenvalue weighted by Crippen LogP contribution is 2.26. The quantitative estimate of drug-likeness (QED) is 0.654. The molecule has 0 bridgehead atoms. The highest BCUT2D eigenvalue weighted by molar-refractivity contribution is 7.71. The van der Waals surface area contributed by atoms with E-state index in [0.29, 0.717) is 15.7 Å². The maximum Gasteiger partial charge on any atom is 0.335 e. The monoisotopic (exact) mass is 318 g/mol. The fourth-order valence-electron chi connectivity index (χ4n) is 3.21. The molecule has 22 heavy (non-hydrogen) atoms. The Morgan fingerprint density at radius 1 is 1.23 bits per heavy atom. The van der Waals surface area contributed by atoms with E-state index in [1.807, 2.05) is 0 Å². The van der Waals surface area contributed by atoms with Gasteiger partial charge in [-0.2, -0.15) is 0 Å². The van der Waals surface area contributed by atoms with Gasteiger partial charge in [-0.25, -0.2) is 4.79 Å². The van der Waals surface area contributed by atoms with Gasteiger partial charge in [0.05, 0.1) is 16.5 Å². The number of carboxylic acids is 1. The number of hydrogen-bond acceptors (Lipinski definition) is 3. The van der Waals surface area contributed by atoms with Gasteiger partial charge in [0.1, 0.15) is 0 Å². The Kier molecular flexibility index (Phi) is 4.11. The fraction of sp³-hybridized carbons (Fsp3) is 0.438. The largest absolute Gasteiger partial charge is 0.478 e. The first kappa shape index (κ1) is 15.0. The number of nitrogens with one attached hydrogen (secondary N) is 1. The van der Waals surface area contributed by atoms with Crippen LogP contribution >= 0.6 is 12.2 Å². The van der Waals surface area contributed by atoms with E-state index in [2.05, 4.69) is 4.98 Å². The van der Waals surface area contributed by atoms with Crippen molar-refractivity contribution < 1.29 is 9.90 Å². The summed E-state index contributed by atoms with van der Waals surface area (Å²) in [5.74, 6) is -1.02. The van der Waals surface area contributed by atoms with Gasteiger partial charge in [-0.15, -0.1) is 0 Å². The third kappa shape index (κ3) is 2.70. The summed E-state index contributed by atoms with van der Waals surface area (Å²) in [5.41, 5.74) is 0.507. The molecule has 1 heterocycles.